The van der Waals surface area contributed by atoms with Gasteiger partial charge in [-0.3, -0.25) is 14.5 Å². The van der Waals surface area contributed by atoms with Crippen LogP contribution in [0.4, 0.5) is 0 Å². The third-order valence-electron chi connectivity index (χ3n) is 4.52. The molecular weight excluding hydrogens is 390 g/mol. The molecule has 0 spiro atoms. The van der Waals surface area contributed by atoms with Gasteiger partial charge in [0.25, 0.3) is 0 Å². The maximum Gasteiger partial charge on any atom is 0.302 e. The second-order valence-electron chi connectivity index (χ2n) is 6.96. The first-order valence-corrected chi connectivity index (χ1v) is 11.1. The Labute approximate surface area is 177 Å². The lowest BCUT2D eigenvalue weighted by Gasteiger charge is -2.26. The second kappa shape index (κ2) is 13.2. The zero-order chi connectivity index (χ0) is 20.9. The highest BCUT2D eigenvalue weighted by molar-refractivity contribution is 8.00. The van der Waals surface area contributed by atoms with Gasteiger partial charge in [-0.05, 0) is 44.0 Å². The Morgan fingerprint density at radius 1 is 1.31 bits per heavy atom. The first-order valence-electron chi connectivity index (χ1n) is 10.0. The normalized spacial score (nSPS) is 15.9. The molecule has 7 nitrogen and oxygen atoms in total. The molecule has 0 saturated carbocycles. The molecule has 29 heavy (non-hydrogen) atoms. The number of piperidine rings is 1. The van der Waals surface area contributed by atoms with E-state index in [1.165, 1.54) is 43.5 Å². The Morgan fingerprint density at radius 2 is 2.10 bits per heavy atom. The van der Waals surface area contributed by atoms with E-state index >= 15 is 0 Å². The van der Waals surface area contributed by atoms with Gasteiger partial charge in [0.1, 0.15) is 13.2 Å². The van der Waals surface area contributed by atoms with Gasteiger partial charge < -0.3 is 15.2 Å². The maximum absolute atomic E-state index is 11.5. The number of carbonyl (C=O) groups excluding carboxylic acids is 2. The molecule has 1 amide bonds. The lowest BCUT2D eigenvalue weighted by Crippen LogP contribution is -2.29. The van der Waals surface area contributed by atoms with E-state index in [1.807, 2.05) is 24.3 Å². The summed E-state index contributed by atoms with van der Waals surface area (Å²) in [5.74, 6) is 0.430. The number of pyridine rings is 1. The van der Waals surface area contributed by atoms with Crippen molar-refractivity contribution >= 4 is 23.6 Å². The van der Waals surface area contributed by atoms with Crippen molar-refractivity contribution in [3.05, 3.63) is 36.0 Å². The zero-order valence-electron chi connectivity index (χ0n) is 17.0. The number of carbonyl (C=O) groups is 2. The van der Waals surface area contributed by atoms with Crippen molar-refractivity contribution in [1.82, 2.24) is 9.88 Å². The Balaban J connectivity index is 1.70. The Kier molecular flexibility index (Phi) is 10.6. The molecular formula is C21H31N3O4S. The minimum absolute atomic E-state index is 0.274. The molecule has 1 aliphatic rings. The predicted octanol–water partition coefficient (Wildman–Crippen LogP) is 2.54. The van der Waals surface area contributed by atoms with Crippen molar-refractivity contribution in [2.24, 2.45) is 5.73 Å². The molecule has 1 aromatic heterocycles. The molecule has 0 radical (unpaired) electrons. The predicted molar refractivity (Wildman–Crippen MR) is 115 cm³/mol. The standard InChI is InChI=1S/C21H31N3O4S/c1-17(25)27-13-14-29-19(21(22)26)7-3-6-12-28-20-15-18(8-9-23-20)16-24-10-4-2-5-11-24/h3,6,8-9,15,19H,2,4-5,7,10-14,16H2,1H3,(H2,22,26). The van der Waals surface area contributed by atoms with Gasteiger partial charge in [0.05, 0.1) is 5.25 Å². The van der Waals surface area contributed by atoms with Crippen LogP contribution < -0.4 is 10.5 Å². The van der Waals surface area contributed by atoms with Crippen LogP contribution in [0.15, 0.2) is 30.5 Å². The third kappa shape index (κ3) is 9.80. The molecule has 2 rings (SSSR count). The molecule has 1 saturated heterocycles. The van der Waals surface area contributed by atoms with Crippen LogP contribution in [0, 0.1) is 0 Å². The SMILES string of the molecule is CC(=O)OCCSC(CC=CCOc1cc(CN2CCCCC2)ccn1)C(N)=O. The number of hydrogen-bond donors (Lipinski definition) is 1. The van der Waals surface area contributed by atoms with E-state index in [0.29, 0.717) is 24.7 Å². The fraction of sp³-hybridized carbons (Fsp3) is 0.571. The summed E-state index contributed by atoms with van der Waals surface area (Å²) in [7, 11) is 0. The van der Waals surface area contributed by atoms with Crippen molar-refractivity contribution in [2.75, 3.05) is 32.1 Å². The molecule has 1 atom stereocenters. The second-order valence-corrected chi connectivity index (χ2v) is 8.27. The highest BCUT2D eigenvalue weighted by atomic mass is 32.2. The van der Waals surface area contributed by atoms with Crippen LogP contribution in [-0.2, 0) is 20.9 Å². The van der Waals surface area contributed by atoms with Crippen LogP contribution in [0.2, 0.25) is 0 Å². The Bertz CT molecular complexity index is 678. The molecule has 1 aliphatic heterocycles. The number of esters is 1. The molecule has 0 aromatic carbocycles. The van der Waals surface area contributed by atoms with Crippen molar-refractivity contribution in [3.63, 3.8) is 0 Å². The number of allylic oxidation sites excluding steroid dienone is 1. The molecule has 0 aliphatic carbocycles. The van der Waals surface area contributed by atoms with E-state index in [-0.39, 0.29) is 23.7 Å². The molecule has 2 N–H and O–H groups in total. The monoisotopic (exact) mass is 421 g/mol. The summed E-state index contributed by atoms with van der Waals surface area (Å²) >= 11 is 1.38. The first-order chi connectivity index (χ1) is 14.0. The van der Waals surface area contributed by atoms with E-state index in [1.54, 1.807) is 6.20 Å². The highest BCUT2D eigenvalue weighted by Gasteiger charge is 2.14. The third-order valence-corrected chi connectivity index (χ3v) is 5.75. The van der Waals surface area contributed by atoms with Gasteiger partial charge in [-0.25, -0.2) is 4.98 Å². The fourth-order valence-corrected chi connectivity index (χ4v) is 3.94. The molecule has 2 heterocycles. The molecule has 0 bridgehead atoms. The number of hydrogen-bond acceptors (Lipinski definition) is 7. The van der Waals surface area contributed by atoms with Crippen LogP contribution in [0.3, 0.4) is 0 Å². The van der Waals surface area contributed by atoms with Crippen molar-refractivity contribution in [1.29, 1.82) is 0 Å². The Hall–Kier alpha value is -2.06. The number of primary amides is 1. The summed E-state index contributed by atoms with van der Waals surface area (Å²) in [5, 5.41) is -0.354. The molecule has 1 aromatic rings. The zero-order valence-corrected chi connectivity index (χ0v) is 17.9. The summed E-state index contributed by atoms with van der Waals surface area (Å²) in [6.45, 7) is 5.25. The number of nitrogens with zero attached hydrogens (tertiary/aromatic N) is 2. The van der Waals surface area contributed by atoms with E-state index in [9.17, 15) is 9.59 Å². The number of ether oxygens (including phenoxy) is 2. The van der Waals surface area contributed by atoms with Crippen LogP contribution in [0.1, 0.15) is 38.2 Å². The molecule has 1 unspecified atom stereocenters. The smallest absolute Gasteiger partial charge is 0.302 e. The van der Waals surface area contributed by atoms with Crippen LogP contribution in [0.25, 0.3) is 0 Å². The number of rotatable bonds is 12. The van der Waals surface area contributed by atoms with Crippen LogP contribution in [-0.4, -0.2) is 59.1 Å². The van der Waals surface area contributed by atoms with E-state index in [2.05, 4.69) is 9.88 Å². The van der Waals surface area contributed by atoms with Crippen molar-refractivity contribution < 1.29 is 19.1 Å². The molecule has 8 heteroatoms. The van der Waals surface area contributed by atoms with Gasteiger partial charge in [-0.1, -0.05) is 18.6 Å². The van der Waals surface area contributed by atoms with E-state index < -0.39 is 0 Å². The van der Waals surface area contributed by atoms with Crippen LogP contribution in [0.5, 0.6) is 5.88 Å². The summed E-state index contributed by atoms with van der Waals surface area (Å²) in [6.07, 6.45) is 9.90. The summed E-state index contributed by atoms with van der Waals surface area (Å²) in [5.41, 5.74) is 6.64. The Morgan fingerprint density at radius 3 is 2.83 bits per heavy atom. The van der Waals surface area contributed by atoms with Gasteiger partial charge in [0.2, 0.25) is 11.8 Å². The lowest BCUT2D eigenvalue weighted by atomic mass is 10.1. The fourth-order valence-electron chi connectivity index (χ4n) is 3.07. The average molecular weight is 422 g/mol. The maximum atomic E-state index is 11.5. The van der Waals surface area contributed by atoms with E-state index in [0.717, 1.165) is 19.6 Å². The minimum atomic E-state index is -0.379. The van der Waals surface area contributed by atoms with Crippen LogP contribution >= 0.6 is 11.8 Å². The average Bonchev–Trinajstić information content (AvgIpc) is 2.70. The molecule has 1 fully saturated rings. The lowest BCUT2D eigenvalue weighted by molar-refractivity contribution is -0.140. The quantitative estimate of drug-likeness (QED) is 0.315. The number of likely N-dealkylation sites (tertiary alicyclic amines) is 1. The van der Waals surface area contributed by atoms with Gasteiger partial charge >= 0.3 is 5.97 Å². The van der Waals surface area contributed by atoms with Gasteiger partial charge in [-0.15, -0.1) is 11.8 Å². The number of thioether (sulfide) groups is 1. The highest BCUT2D eigenvalue weighted by Crippen LogP contribution is 2.17. The number of aromatic nitrogens is 1. The van der Waals surface area contributed by atoms with Gasteiger partial charge in [-0.2, -0.15) is 0 Å². The van der Waals surface area contributed by atoms with Crippen molar-refractivity contribution in [3.8, 4) is 5.88 Å². The topological polar surface area (TPSA) is 94.8 Å². The summed E-state index contributed by atoms with van der Waals surface area (Å²) in [6, 6.07) is 4.02. The van der Waals surface area contributed by atoms with E-state index in [4.69, 9.17) is 15.2 Å². The first kappa shape index (κ1) is 23.2. The number of amides is 1. The van der Waals surface area contributed by atoms with Gasteiger partial charge in [0, 0.05) is 31.5 Å². The largest absolute Gasteiger partial charge is 0.473 e. The van der Waals surface area contributed by atoms with Crippen molar-refractivity contribution in [2.45, 2.75) is 44.4 Å². The molecule has 160 valence electrons. The summed E-state index contributed by atoms with van der Waals surface area (Å²) < 4.78 is 10.6. The number of nitrogens with two attached hydrogens (primary N) is 1. The van der Waals surface area contributed by atoms with Gasteiger partial charge in [0.15, 0.2) is 0 Å². The summed E-state index contributed by atoms with van der Waals surface area (Å²) in [4.78, 5) is 29.0. The minimum Gasteiger partial charge on any atom is -0.473 e.